The summed E-state index contributed by atoms with van der Waals surface area (Å²) in [5.74, 6) is 0.790. The molecule has 55 heavy (non-hydrogen) atoms. The van der Waals surface area contributed by atoms with Crippen molar-refractivity contribution in [1.29, 1.82) is 0 Å². The third-order valence-electron chi connectivity index (χ3n) is 12.3. The highest BCUT2D eigenvalue weighted by Crippen LogP contribution is 2.60. The number of aliphatic hydroxyl groups is 1. The summed E-state index contributed by atoms with van der Waals surface area (Å²) in [5.41, 5.74) is 2.43. The van der Waals surface area contributed by atoms with E-state index in [4.69, 9.17) is 14.2 Å². The molecule has 10 nitrogen and oxygen atoms in total. The number of amides is 3. The van der Waals surface area contributed by atoms with E-state index in [2.05, 4.69) is 48.1 Å². The zero-order valence-electron chi connectivity index (χ0n) is 31.5. The Bertz CT molecular complexity index is 2130. The maximum Gasteiger partial charge on any atom is 0.269 e. The number of fused-ring (bicyclic) bond motifs is 3. The molecule has 3 amide bonds. The molecule has 0 bridgehead atoms. The normalized spacial score (nSPS) is 24.7. The summed E-state index contributed by atoms with van der Waals surface area (Å²) < 4.78 is 19.2. The minimum absolute atomic E-state index is 0.0422. The molecule has 0 radical (unpaired) electrons. The number of halogens is 1. The van der Waals surface area contributed by atoms with E-state index in [-0.39, 0.29) is 54.9 Å². The van der Waals surface area contributed by atoms with Crippen LogP contribution in [-0.4, -0.2) is 74.8 Å². The molecule has 0 saturated carbocycles. The van der Waals surface area contributed by atoms with Gasteiger partial charge in [-0.3, -0.25) is 19.3 Å². The van der Waals surface area contributed by atoms with Gasteiger partial charge in [0.05, 0.1) is 58.3 Å². The number of aliphatic hydroxyl groups excluding tert-OH is 1. The van der Waals surface area contributed by atoms with Crippen molar-refractivity contribution in [2.24, 2.45) is 5.92 Å². The maximum absolute atomic E-state index is 15.3. The molecular formula is C43H46BrN3O7Si. The lowest BCUT2D eigenvalue weighted by Crippen LogP contribution is -2.52. The van der Waals surface area contributed by atoms with E-state index in [1.54, 1.807) is 16.9 Å². The minimum atomic E-state index is -2.47. The Labute approximate surface area is 331 Å². The van der Waals surface area contributed by atoms with Crippen LogP contribution in [0.15, 0.2) is 95.5 Å². The average Bonchev–Trinajstić information content (AvgIpc) is 3.85. The second-order valence-corrected chi connectivity index (χ2v) is 21.2. The van der Waals surface area contributed by atoms with Crippen molar-refractivity contribution in [3.05, 3.63) is 107 Å². The van der Waals surface area contributed by atoms with Crippen molar-refractivity contribution in [1.82, 2.24) is 4.90 Å². The zero-order chi connectivity index (χ0) is 38.6. The van der Waals surface area contributed by atoms with E-state index < -0.39 is 19.8 Å². The molecule has 1 N–H and O–H groups in total. The number of para-hydroxylation sites is 2. The average molecular weight is 825 g/mol. The molecule has 2 fully saturated rings. The largest absolute Gasteiger partial charge is 0.497 e. The highest BCUT2D eigenvalue weighted by atomic mass is 79.9. The number of carbonyl (C=O) groups is 3. The monoisotopic (exact) mass is 823 g/mol. The van der Waals surface area contributed by atoms with Crippen LogP contribution in [0.4, 0.5) is 17.1 Å². The number of carbonyl (C=O) groups excluding carboxylic acids is 3. The number of likely N-dealkylation sites (tertiary alicyclic amines) is 1. The fraction of sp³-hybridized carbons (Fsp3) is 0.372. The summed E-state index contributed by atoms with van der Waals surface area (Å²) in [6.45, 7) is 7.52. The molecule has 12 heteroatoms. The molecule has 4 heterocycles. The molecule has 2 saturated heterocycles. The van der Waals surface area contributed by atoms with E-state index in [0.717, 1.165) is 39.9 Å². The predicted octanol–water partition coefficient (Wildman–Crippen LogP) is 6.65. The van der Waals surface area contributed by atoms with Gasteiger partial charge in [0.1, 0.15) is 11.5 Å². The van der Waals surface area contributed by atoms with E-state index in [9.17, 15) is 14.7 Å². The van der Waals surface area contributed by atoms with E-state index in [0.29, 0.717) is 30.2 Å². The fourth-order valence-corrected chi connectivity index (χ4v) is 14.0. The highest BCUT2D eigenvalue weighted by Gasteiger charge is 2.66. The van der Waals surface area contributed by atoms with Crippen molar-refractivity contribution in [3.63, 3.8) is 0 Å². The lowest BCUT2D eigenvalue weighted by molar-refractivity contribution is -0.150. The van der Waals surface area contributed by atoms with Crippen LogP contribution >= 0.6 is 15.9 Å². The van der Waals surface area contributed by atoms with Gasteiger partial charge in [0.2, 0.25) is 5.91 Å². The SMILES string of the molecule is COc1ccc([Si](C)(C)[C@@H]2[C@@H](CC(=O)N3CCC[C@H]3CO)O[C@]3(C(=O)N(Cc4ccc(N5C(=O)COc6ccccc65)cc4)c4ccc(Br)cc43)[C@H]2C)cc1. The minimum Gasteiger partial charge on any atom is -0.497 e. The molecule has 286 valence electrons. The third-order valence-corrected chi connectivity index (χ3v) is 17.2. The van der Waals surface area contributed by atoms with Crippen LogP contribution < -0.4 is 24.5 Å². The topological polar surface area (TPSA) is 109 Å². The molecule has 0 aliphatic carbocycles. The van der Waals surface area contributed by atoms with Gasteiger partial charge in [-0.15, -0.1) is 0 Å². The number of rotatable bonds is 9. The quantitative estimate of drug-likeness (QED) is 0.189. The van der Waals surface area contributed by atoms with Crippen molar-refractivity contribution in [2.45, 2.75) is 69.1 Å². The van der Waals surface area contributed by atoms with Gasteiger partial charge in [-0.2, -0.15) is 0 Å². The number of ether oxygens (including phenoxy) is 3. The molecule has 4 aliphatic rings. The van der Waals surface area contributed by atoms with Crippen LogP contribution in [0, 0.1) is 5.92 Å². The molecule has 4 aromatic rings. The standard InChI is InChI=1S/C43H46BrN3O7Si/c1-27-41(55(3,4)33-18-16-32(52-2)17-19-33)38(23-39(49)45-21-7-8-31(45)25-48)54-43(27)34-22-29(44)13-20-35(34)46(42(43)51)24-28-11-14-30(15-12-28)47-36-9-5-6-10-37(36)53-26-40(47)50/h5-6,9-20,22,27,31,38,41,48H,7-8,21,23-26H2,1-4H3/t27-,31-,38+,41-,43+/m0/s1. The Morgan fingerprint density at radius 1 is 1.00 bits per heavy atom. The van der Waals surface area contributed by atoms with Gasteiger partial charge in [-0.25, -0.2) is 0 Å². The van der Waals surface area contributed by atoms with E-state index >= 15 is 4.79 Å². The summed E-state index contributed by atoms with van der Waals surface area (Å²) in [5, 5.41) is 11.3. The number of benzene rings is 4. The first-order valence-corrected chi connectivity index (χ1v) is 22.8. The Morgan fingerprint density at radius 3 is 2.47 bits per heavy atom. The summed E-state index contributed by atoms with van der Waals surface area (Å²) in [4.78, 5) is 47.7. The first-order chi connectivity index (χ1) is 26.5. The zero-order valence-corrected chi connectivity index (χ0v) is 34.1. The molecule has 5 atom stereocenters. The smallest absolute Gasteiger partial charge is 0.269 e. The second kappa shape index (κ2) is 14.5. The van der Waals surface area contributed by atoms with Crippen LogP contribution in [0.1, 0.15) is 37.3 Å². The van der Waals surface area contributed by atoms with Gasteiger partial charge in [-0.05, 0) is 78.5 Å². The van der Waals surface area contributed by atoms with Crippen LogP contribution in [0.3, 0.4) is 0 Å². The van der Waals surface area contributed by atoms with Crippen LogP contribution in [0.25, 0.3) is 0 Å². The van der Waals surface area contributed by atoms with Gasteiger partial charge in [-0.1, -0.05) is 77.5 Å². The van der Waals surface area contributed by atoms with Crippen LogP contribution in [0.5, 0.6) is 11.5 Å². The summed E-state index contributed by atoms with van der Waals surface area (Å²) in [7, 11) is -0.820. The second-order valence-electron chi connectivity index (χ2n) is 15.6. The van der Waals surface area contributed by atoms with Gasteiger partial charge in [0.15, 0.2) is 12.2 Å². The van der Waals surface area contributed by atoms with Crippen molar-refractivity contribution >= 4 is 64.0 Å². The fourth-order valence-electron chi connectivity index (χ4n) is 9.60. The number of anilines is 3. The summed E-state index contributed by atoms with van der Waals surface area (Å²) in [6.07, 6.45) is 1.22. The molecule has 4 aromatic carbocycles. The van der Waals surface area contributed by atoms with Crippen molar-refractivity contribution < 1.29 is 33.7 Å². The van der Waals surface area contributed by atoms with Crippen LogP contribution in [-0.2, 0) is 31.3 Å². The number of methoxy groups -OCH3 is 1. The first-order valence-electron chi connectivity index (χ1n) is 19.0. The maximum atomic E-state index is 15.3. The van der Waals surface area contributed by atoms with E-state index in [1.165, 1.54) is 5.19 Å². The van der Waals surface area contributed by atoms with Gasteiger partial charge >= 0.3 is 0 Å². The Balaban J connectivity index is 1.15. The van der Waals surface area contributed by atoms with Gasteiger partial charge in [0.25, 0.3) is 11.8 Å². The van der Waals surface area contributed by atoms with E-state index in [1.807, 2.05) is 83.8 Å². The molecule has 1 spiro atoms. The molecule has 4 aliphatic heterocycles. The van der Waals surface area contributed by atoms with Gasteiger partial charge in [0, 0.05) is 28.2 Å². The lowest BCUT2D eigenvalue weighted by atomic mass is 9.82. The number of nitrogens with zero attached hydrogens (tertiary/aromatic N) is 3. The first kappa shape index (κ1) is 37.4. The summed E-state index contributed by atoms with van der Waals surface area (Å²) in [6, 6.07) is 29.1. The summed E-state index contributed by atoms with van der Waals surface area (Å²) >= 11 is 3.69. The Kier molecular flexibility index (Phi) is 9.90. The lowest BCUT2D eigenvalue weighted by Gasteiger charge is -2.37. The van der Waals surface area contributed by atoms with Crippen molar-refractivity contribution in [2.75, 3.05) is 36.7 Å². The molecule has 8 rings (SSSR count). The highest BCUT2D eigenvalue weighted by molar-refractivity contribution is 9.10. The van der Waals surface area contributed by atoms with Gasteiger partial charge < -0.3 is 29.1 Å². The molecule has 0 unspecified atom stereocenters. The third kappa shape index (κ3) is 6.27. The number of hydrogen-bond acceptors (Lipinski definition) is 7. The van der Waals surface area contributed by atoms with Crippen LogP contribution in [0.2, 0.25) is 18.6 Å². The predicted molar refractivity (Wildman–Crippen MR) is 217 cm³/mol. The van der Waals surface area contributed by atoms with Crippen molar-refractivity contribution in [3.8, 4) is 11.5 Å². The molecule has 0 aromatic heterocycles. The molecular weight excluding hydrogens is 778 g/mol. The Hall–Kier alpha value is -4.49. The number of hydrogen-bond donors (Lipinski definition) is 1. The Morgan fingerprint density at radius 2 is 1.75 bits per heavy atom.